The standard InChI is InChI=1S/C16H20N4OS.HI/c1-17-16(19-10-13-6-9-22-12-13)20-8-5-14(11-20)21-15-4-2-3-7-18-15;/h2-4,6-7,9,12,14H,5,8,10-11H2,1H3,(H,17,19);1H. The molecule has 1 aliphatic rings. The van der Waals surface area contributed by atoms with Crippen molar-refractivity contribution in [2.45, 2.75) is 19.1 Å². The molecule has 1 N–H and O–H groups in total. The molecule has 5 nitrogen and oxygen atoms in total. The number of likely N-dealkylation sites (tertiary alicyclic amines) is 1. The van der Waals surface area contributed by atoms with Crippen molar-refractivity contribution in [3.8, 4) is 5.88 Å². The smallest absolute Gasteiger partial charge is 0.213 e. The van der Waals surface area contributed by atoms with Crippen LogP contribution in [0.4, 0.5) is 0 Å². The van der Waals surface area contributed by atoms with Crippen LogP contribution in [0.3, 0.4) is 0 Å². The minimum atomic E-state index is 0. The highest BCUT2D eigenvalue weighted by Crippen LogP contribution is 2.16. The fraction of sp³-hybridized carbons (Fsp3) is 0.375. The zero-order valence-corrected chi connectivity index (χ0v) is 16.2. The first-order chi connectivity index (χ1) is 10.8. The molecule has 1 atom stereocenters. The fourth-order valence-corrected chi connectivity index (χ4v) is 3.18. The molecule has 0 radical (unpaired) electrons. The molecule has 0 aromatic carbocycles. The highest BCUT2D eigenvalue weighted by Gasteiger charge is 2.26. The second-order valence-electron chi connectivity index (χ2n) is 5.17. The third-order valence-electron chi connectivity index (χ3n) is 3.61. The van der Waals surface area contributed by atoms with Crippen LogP contribution < -0.4 is 10.1 Å². The van der Waals surface area contributed by atoms with Crippen molar-refractivity contribution in [3.63, 3.8) is 0 Å². The van der Waals surface area contributed by atoms with Crippen LogP contribution in [0.25, 0.3) is 0 Å². The monoisotopic (exact) mass is 444 g/mol. The molecule has 1 unspecified atom stereocenters. The Balaban J connectivity index is 0.00000192. The average Bonchev–Trinajstić information content (AvgIpc) is 3.21. The van der Waals surface area contributed by atoms with Crippen LogP contribution in [0.1, 0.15) is 12.0 Å². The van der Waals surface area contributed by atoms with Gasteiger partial charge in [0.1, 0.15) is 6.10 Å². The summed E-state index contributed by atoms with van der Waals surface area (Å²) in [4.78, 5) is 10.8. The maximum Gasteiger partial charge on any atom is 0.213 e. The Kier molecular flexibility index (Phi) is 7.10. The van der Waals surface area contributed by atoms with Crippen LogP contribution in [-0.2, 0) is 6.54 Å². The minimum Gasteiger partial charge on any atom is -0.472 e. The third-order valence-corrected chi connectivity index (χ3v) is 4.34. The van der Waals surface area contributed by atoms with Crippen LogP contribution >= 0.6 is 35.3 Å². The zero-order valence-electron chi connectivity index (χ0n) is 13.0. The Morgan fingerprint density at radius 3 is 3.09 bits per heavy atom. The molecule has 3 heterocycles. The summed E-state index contributed by atoms with van der Waals surface area (Å²) in [7, 11) is 1.82. The van der Waals surface area contributed by atoms with Crippen LogP contribution in [0.5, 0.6) is 5.88 Å². The number of nitrogens with zero attached hydrogens (tertiary/aromatic N) is 3. The SMILES string of the molecule is CN=C(NCc1ccsc1)N1CCC(Oc2ccccn2)C1.I. The van der Waals surface area contributed by atoms with Gasteiger partial charge in [-0.2, -0.15) is 11.3 Å². The van der Waals surface area contributed by atoms with E-state index in [0.29, 0.717) is 5.88 Å². The van der Waals surface area contributed by atoms with Crippen LogP contribution in [0, 0.1) is 0 Å². The van der Waals surface area contributed by atoms with Gasteiger partial charge >= 0.3 is 0 Å². The lowest BCUT2D eigenvalue weighted by atomic mass is 10.3. The number of aliphatic imine (C=N–C) groups is 1. The summed E-state index contributed by atoms with van der Waals surface area (Å²) in [5, 5.41) is 7.65. The summed E-state index contributed by atoms with van der Waals surface area (Å²) in [6.07, 6.45) is 2.90. The summed E-state index contributed by atoms with van der Waals surface area (Å²) in [6, 6.07) is 7.86. The van der Waals surface area contributed by atoms with Crippen molar-refractivity contribution in [1.29, 1.82) is 0 Å². The molecule has 1 aliphatic heterocycles. The van der Waals surface area contributed by atoms with Gasteiger partial charge in [0.2, 0.25) is 5.88 Å². The Labute approximate surface area is 157 Å². The molecular weight excluding hydrogens is 423 g/mol. The summed E-state index contributed by atoms with van der Waals surface area (Å²) in [6.45, 7) is 2.58. The second-order valence-corrected chi connectivity index (χ2v) is 5.95. The van der Waals surface area contributed by atoms with Crippen LogP contribution in [-0.4, -0.2) is 42.1 Å². The summed E-state index contributed by atoms with van der Waals surface area (Å²) in [5.41, 5.74) is 1.28. The van der Waals surface area contributed by atoms with E-state index in [2.05, 4.69) is 37.0 Å². The molecule has 23 heavy (non-hydrogen) atoms. The lowest BCUT2D eigenvalue weighted by molar-refractivity contribution is 0.205. The number of ether oxygens (including phenoxy) is 1. The first-order valence-electron chi connectivity index (χ1n) is 7.39. The van der Waals surface area contributed by atoms with Gasteiger partial charge in [-0.25, -0.2) is 4.98 Å². The number of pyridine rings is 1. The number of halogens is 1. The van der Waals surface area contributed by atoms with Gasteiger partial charge in [0.15, 0.2) is 5.96 Å². The van der Waals surface area contributed by atoms with Crippen LogP contribution in [0.2, 0.25) is 0 Å². The molecule has 1 fully saturated rings. The topological polar surface area (TPSA) is 49.8 Å². The van der Waals surface area contributed by atoms with Crippen molar-refractivity contribution >= 4 is 41.3 Å². The first kappa shape index (κ1) is 18.0. The number of rotatable bonds is 4. The molecule has 2 aromatic rings. The minimum absolute atomic E-state index is 0. The quantitative estimate of drug-likeness (QED) is 0.448. The molecule has 2 aromatic heterocycles. The molecule has 1 saturated heterocycles. The number of nitrogens with one attached hydrogen (secondary N) is 1. The van der Waals surface area contributed by atoms with Gasteiger partial charge in [-0.15, -0.1) is 24.0 Å². The van der Waals surface area contributed by atoms with E-state index in [1.54, 1.807) is 17.5 Å². The second kappa shape index (κ2) is 9.07. The van der Waals surface area contributed by atoms with Crippen molar-refractivity contribution in [2.24, 2.45) is 4.99 Å². The van der Waals surface area contributed by atoms with Crippen molar-refractivity contribution in [1.82, 2.24) is 15.2 Å². The summed E-state index contributed by atoms with van der Waals surface area (Å²) in [5.74, 6) is 1.62. The van der Waals surface area contributed by atoms with E-state index in [-0.39, 0.29) is 30.1 Å². The van der Waals surface area contributed by atoms with E-state index < -0.39 is 0 Å². The molecule has 0 amide bonds. The summed E-state index contributed by atoms with van der Waals surface area (Å²) < 4.78 is 5.92. The van der Waals surface area contributed by atoms with E-state index in [0.717, 1.165) is 32.0 Å². The third kappa shape index (κ3) is 5.07. The Bertz CT molecular complexity index is 606. The van der Waals surface area contributed by atoms with Crippen LogP contribution in [0.15, 0.2) is 46.2 Å². The molecule has 0 aliphatic carbocycles. The Morgan fingerprint density at radius 2 is 2.39 bits per heavy atom. The lowest BCUT2D eigenvalue weighted by Gasteiger charge is -2.21. The average molecular weight is 444 g/mol. The fourth-order valence-electron chi connectivity index (χ4n) is 2.51. The van der Waals surface area contributed by atoms with Gasteiger partial charge in [0.25, 0.3) is 0 Å². The molecule has 7 heteroatoms. The largest absolute Gasteiger partial charge is 0.472 e. The van der Waals surface area contributed by atoms with Gasteiger partial charge in [0, 0.05) is 38.8 Å². The number of hydrogen-bond donors (Lipinski definition) is 1. The van der Waals surface area contributed by atoms with Crippen molar-refractivity contribution < 1.29 is 4.74 Å². The number of aromatic nitrogens is 1. The van der Waals surface area contributed by atoms with Gasteiger partial charge in [-0.1, -0.05) is 6.07 Å². The number of thiophene rings is 1. The number of hydrogen-bond acceptors (Lipinski definition) is 4. The molecule has 0 spiro atoms. The van der Waals surface area contributed by atoms with E-state index in [1.165, 1.54) is 5.56 Å². The predicted octanol–water partition coefficient (Wildman–Crippen LogP) is 2.99. The van der Waals surface area contributed by atoms with Gasteiger partial charge in [-0.3, -0.25) is 4.99 Å². The van der Waals surface area contributed by atoms with Gasteiger partial charge < -0.3 is 15.0 Å². The van der Waals surface area contributed by atoms with Crippen molar-refractivity contribution in [2.75, 3.05) is 20.1 Å². The molecular formula is C16H21IN4OS. The highest BCUT2D eigenvalue weighted by molar-refractivity contribution is 14.0. The predicted molar refractivity (Wildman–Crippen MR) is 105 cm³/mol. The van der Waals surface area contributed by atoms with E-state index in [4.69, 9.17) is 4.74 Å². The van der Waals surface area contributed by atoms with E-state index in [9.17, 15) is 0 Å². The lowest BCUT2D eigenvalue weighted by Crippen LogP contribution is -2.40. The molecule has 124 valence electrons. The van der Waals surface area contributed by atoms with E-state index >= 15 is 0 Å². The maximum atomic E-state index is 5.92. The van der Waals surface area contributed by atoms with Gasteiger partial charge in [0.05, 0.1) is 6.54 Å². The number of guanidine groups is 1. The first-order valence-corrected chi connectivity index (χ1v) is 8.34. The Morgan fingerprint density at radius 1 is 1.48 bits per heavy atom. The maximum absolute atomic E-state index is 5.92. The normalized spacial score (nSPS) is 17.7. The summed E-state index contributed by atoms with van der Waals surface area (Å²) >= 11 is 1.71. The molecule has 0 saturated carbocycles. The van der Waals surface area contributed by atoms with Crippen molar-refractivity contribution in [3.05, 3.63) is 46.8 Å². The highest BCUT2D eigenvalue weighted by atomic mass is 127. The molecule has 0 bridgehead atoms. The van der Waals surface area contributed by atoms with E-state index in [1.807, 2.05) is 25.2 Å². The van der Waals surface area contributed by atoms with Gasteiger partial charge in [-0.05, 0) is 28.5 Å². The molecule has 3 rings (SSSR count). The zero-order chi connectivity index (χ0) is 15.2. The Hall–Kier alpha value is -1.35.